The molecule has 5 nitrogen and oxygen atoms in total. The standard InChI is InChI=1S/C12H16N4O/c1-8-6-9(4-5-10(8)17-3)12-14-11(7-13)16(2)15-12/h4-6H,7,13H2,1-3H3. The topological polar surface area (TPSA) is 66.0 Å². The Morgan fingerprint density at radius 3 is 2.71 bits per heavy atom. The van der Waals surface area contributed by atoms with Gasteiger partial charge in [-0.25, -0.2) is 4.98 Å². The van der Waals surface area contributed by atoms with Crippen molar-refractivity contribution in [2.75, 3.05) is 7.11 Å². The smallest absolute Gasteiger partial charge is 0.181 e. The third-order valence-corrected chi connectivity index (χ3v) is 2.69. The molecule has 0 unspecified atom stereocenters. The van der Waals surface area contributed by atoms with E-state index in [-0.39, 0.29) is 0 Å². The summed E-state index contributed by atoms with van der Waals surface area (Å²) in [5.74, 6) is 2.33. The van der Waals surface area contributed by atoms with Gasteiger partial charge in [0, 0.05) is 12.6 Å². The molecule has 90 valence electrons. The van der Waals surface area contributed by atoms with Crippen LogP contribution in [0.2, 0.25) is 0 Å². The summed E-state index contributed by atoms with van der Waals surface area (Å²) in [6.07, 6.45) is 0. The van der Waals surface area contributed by atoms with Crippen molar-refractivity contribution in [3.05, 3.63) is 29.6 Å². The van der Waals surface area contributed by atoms with Crippen LogP contribution in [0.15, 0.2) is 18.2 Å². The zero-order chi connectivity index (χ0) is 12.4. The predicted molar refractivity (Wildman–Crippen MR) is 65.6 cm³/mol. The van der Waals surface area contributed by atoms with Crippen molar-refractivity contribution >= 4 is 0 Å². The van der Waals surface area contributed by atoms with Gasteiger partial charge >= 0.3 is 0 Å². The second kappa shape index (κ2) is 4.55. The molecule has 0 spiro atoms. The van der Waals surface area contributed by atoms with Crippen LogP contribution in [-0.2, 0) is 13.6 Å². The van der Waals surface area contributed by atoms with Crippen LogP contribution in [-0.4, -0.2) is 21.9 Å². The Hall–Kier alpha value is -1.88. The average Bonchev–Trinajstić information content (AvgIpc) is 2.70. The van der Waals surface area contributed by atoms with Gasteiger partial charge in [-0.1, -0.05) is 0 Å². The van der Waals surface area contributed by atoms with Crippen molar-refractivity contribution in [3.8, 4) is 17.1 Å². The van der Waals surface area contributed by atoms with Crippen LogP contribution in [0, 0.1) is 6.92 Å². The molecule has 17 heavy (non-hydrogen) atoms. The number of nitrogens with two attached hydrogens (primary N) is 1. The number of rotatable bonds is 3. The molecule has 2 rings (SSSR count). The highest BCUT2D eigenvalue weighted by Gasteiger charge is 2.09. The summed E-state index contributed by atoms with van der Waals surface area (Å²) in [5.41, 5.74) is 7.61. The highest BCUT2D eigenvalue weighted by molar-refractivity contribution is 5.58. The Morgan fingerprint density at radius 1 is 1.41 bits per heavy atom. The van der Waals surface area contributed by atoms with Crippen LogP contribution in [0.4, 0.5) is 0 Å². The Morgan fingerprint density at radius 2 is 2.18 bits per heavy atom. The van der Waals surface area contributed by atoms with Gasteiger partial charge < -0.3 is 10.5 Å². The fraction of sp³-hybridized carbons (Fsp3) is 0.333. The van der Waals surface area contributed by atoms with E-state index in [1.807, 2.05) is 32.2 Å². The molecule has 0 atom stereocenters. The molecule has 0 fully saturated rings. The first-order valence-electron chi connectivity index (χ1n) is 5.40. The molecular formula is C12H16N4O. The first-order chi connectivity index (χ1) is 8.15. The summed E-state index contributed by atoms with van der Waals surface area (Å²) >= 11 is 0. The van der Waals surface area contributed by atoms with Crippen LogP contribution in [0.3, 0.4) is 0 Å². The maximum atomic E-state index is 5.57. The van der Waals surface area contributed by atoms with Crippen molar-refractivity contribution in [2.45, 2.75) is 13.5 Å². The van der Waals surface area contributed by atoms with E-state index in [1.54, 1.807) is 11.8 Å². The summed E-state index contributed by atoms with van der Waals surface area (Å²) in [6.45, 7) is 2.38. The van der Waals surface area contributed by atoms with Crippen molar-refractivity contribution in [3.63, 3.8) is 0 Å². The molecule has 0 bridgehead atoms. The molecule has 0 aliphatic carbocycles. The van der Waals surface area contributed by atoms with Gasteiger partial charge in [-0.15, -0.1) is 0 Å². The normalized spacial score (nSPS) is 10.6. The van der Waals surface area contributed by atoms with Gasteiger partial charge in [-0.05, 0) is 30.7 Å². The molecule has 2 N–H and O–H groups in total. The highest BCUT2D eigenvalue weighted by Crippen LogP contribution is 2.23. The number of aryl methyl sites for hydroxylation is 2. The maximum absolute atomic E-state index is 5.57. The molecule has 2 aromatic rings. The maximum Gasteiger partial charge on any atom is 0.181 e. The van der Waals surface area contributed by atoms with E-state index < -0.39 is 0 Å². The lowest BCUT2D eigenvalue weighted by molar-refractivity contribution is 0.412. The summed E-state index contributed by atoms with van der Waals surface area (Å²) in [6, 6.07) is 5.87. The van der Waals surface area contributed by atoms with Crippen molar-refractivity contribution in [1.82, 2.24) is 14.8 Å². The lowest BCUT2D eigenvalue weighted by Crippen LogP contribution is -2.05. The number of aromatic nitrogens is 3. The number of hydrogen-bond acceptors (Lipinski definition) is 4. The predicted octanol–water partition coefficient (Wildman–Crippen LogP) is 1.26. The van der Waals surface area contributed by atoms with E-state index in [9.17, 15) is 0 Å². The second-order valence-corrected chi connectivity index (χ2v) is 3.86. The zero-order valence-corrected chi connectivity index (χ0v) is 10.3. The summed E-state index contributed by atoms with van der Waals surface area (Å²) in [4.78, 5) is 4.38. The Kier molecular flexibility index (Phi) is 3.10. The summed E-state index contributed by atoms with van der Waals surface area (Å²) < 4.78 is 6.92. The largest absolute Gasteiger partial charge is 0.496 e. The van der Waals surface area contributed by atoms with Gasteiger partial charge in [0.05, 0.1) is 13.7 Å². The van der Waals surface area contributed by atoms with Gasteiger partial charge in [0.25, 0.3) is 0 Å². The minimum Gasteiger partial charge on any atom is -0.496 e. The number of nitrogens with zero attached hydrogens (tertiary/aromatic N) is 3. The van der Waals surface area contributed by atoms with E-state index in [0.717, 1.165) is 22.7 Å². The van der Waals surface area contributed by atoms with Gasteiger partial charge in [0.1, 0.15) is 11.6 Å². The summed E-state index contributed by atoms with van der Waals surface area (Å²) in [7, 11) is 3.50. The second-order valence-electron chi connectivity index (χ2n) is 3.86. The van der Waals surface area contributed by atoms with Crippen molar-refractivity contribution in [1.29, 1.82) is 0 Å². The van der Waals surface area contributed by atoms with Crippen molar-refractivity contribution in [2.24, 2.45) is 12.8 Å². The van der Waals surface area contributed by atoms with Gasteiger partial charge in [0.2, 0.25) is 0 Å². The Bertz CT molecular complexity index is 533. The van der Waals surface area contributed by atoms with E-state index in [2.05, 4.69) is 10.1 Å². The summed E-state index contributed by atoms with van der Waals surface area (Å²) in [5, 5.41) is 4.33. The molecule has 0 amide bonds. The Balaban J connectivity index is 2.42. The molecule has 0 saturated carbocycles. The molecular weight excluding hydrogens is 216 g/mol. The molecule has 0 aliphatic heterocycles. The van der Waals surface area contributed by atoms with Crippen LogP contribution < -0.4 is 10.5 Å². The third-order valence-electron chi connectivity index (χ3n) is 2.69. The lowest BCUT2D eigenvalue weighted by atomic mass is 10.1. The zero-order valence-electron chi connectivity index (χ0n) is 10.3. The minimum absolute atomic E-state index is 0.388. The third kappa shape index (κ3) is 2.14. The Labute approximate surface area is 100 Å². The van der Waals surface area contributed by atoms with E-state index in [1.165, 1.54) is 0 Å². The molecule has 0 saturated heterocycles. The van der Waals surface area contributed by atoms with E-state index >= 15 is 0 Å². The monoisotopic (exact) mass is 232 g/mol. The fourth-order valence-corrected chi connectivity index (χ4v) is 1.73. The van der Waals surface area contributed by atoms with Crippen LogP contribution in [0.1, 0.15) is 11.4 Å². The first-order valence-corrected chi connectivity index (χ1v) is 5.40. The number of benzene rings is 1. The van der Waals surface area contributed by atoms with E-state index in [0.29, 0.717) is 12.4 Å². The number of ether oxygens (including phenoxy) is 1. The first kappa shape index (κ1) is 11.6. The molecule has 1 aromatic heterocycles. The molecule has 0 radical (unpaired) electrons. The number of methoxy groups -OCH3 is 1. The lowest BCUT2D eigenvalue weighted by Gasteiger charge is -2.04. The molecule has 0 aliphatic rings. The van der Waals surface area contributed by atoms with E-state index in [4.69, 9.17) is 10.5 Å². The fourth-order valence-electron chi connectivity index (χ4n) is 1.73. The van der Waals surface area contributed by atoms with Gasteiger partial charge in [0.15, 0.2) is 5.82 Å². The SMILES string of the molecule is COc1ccc(-c2nc(CN)n(C)n2)cc1C. The molecule has 1 heterocycles. The molecule has 1 aromatic carbocycles. The highest BCUT2D eigenvalue weighted by atomic mass is 16.5. The van der Waals surface area contributed by atoms with Crippen molar-refractivity contribution < 1.29 is 4.74 Å². The quantitative estimate of drug-likeness (QED) is 0.865. The average molecular weight is 232 g/mol. The van der Waals surface area contributed by atoms with Crippen LogP contribution >= 0.6 is 0 Å². The van der Waals surface area contributed by atoms with Gasteiger partial charge in [-0.2, -0.15) is 5.10 Å². The molecule has 5 heteroatoms. The minimum atomic E-state index is 0.388. The number of hydrogen-bond donors (Lipinski definition) is 1. The van der Waals surface area contributed by atoms with Crippen LogP contribution in [0.25, 0.3) is 11.4 Å². The van der Waals surface area contributed by atoms with Crippen LogP contribution in [0.5, 0.6) is 5.75 Å². The van der Waals surface area contributed by atoms with Gasteiger partial charge in [-0.3, -0.25) is 4.68 Å².